The Morgan fingerprint density at radius 1 is 1.13 bits per heavy atom. The maximum absolute atomic E-state index is 12.3. The van der Waals surface area contributed by atoms with Crippen LogP contribution in [-0.2, 0) is 6.54 Å². The van der Waals surface area contributed by atoms with Crippen molar-refractivity contribution in [1.29, 1.82) is 0 Å². The minimum atomic E-state index is -0.138. The van der Waals surface area contributed by atoms with Crippen molar-refractivity contribution < 1.29 is 9.32 Å². The summed E-state index contributed by atoms with van der Waals surface area (Å²) in [4.78, 5) is 18.2. The van der Waals surface area contributed by atoms with Crippen LogP contribution in [0.1, 0.15) is 16.2 Å². The normalized spacial score (nSPS) is 10.5. The lowest BCUT2D eigenvalue weighted by atomic mass is 10.2. The van der Waals surface area contributed by atoms with Crippen molar-refractivity contribution in [3.05, 3.63) is 71.1 Å². The van der Waals surface area contributed by atoms with Crippen molar-refractivity contribution in [2.75, 3.05) is 7.05 Å². The summed E-state index contributed by atoms with van der Waals surface area (Å²) in [6, 6.07) is 16.3. The standard InChI is InChI=1S/C17H14ClN3O2/c1-21(17(22)13-7-9-14(18)10-8-13)11-15-19-16(20-23-15)12-5-3-2-4-6-12/h2-10H,11H2,1H3. The Morgan fingerprint density at radius 2 is 1.83 bits per heavy atom. The molecular weight excluding hydrogens is 314 g/mol. The van der Waals surface area contributed by atoms with E-state index >= 15 is 0 Å². The lowest BCUT2D eigenvalue weighted by Crippen LogP contribution is -2.26. The van der Waals surface area contributed by atoms with Gasteiger partial charge in [0.1, 0.15) is 0 Å². The third-order valence-electron chi connectivity index (χ3n) is 3.31. The maximum Gasteiger partial charge on any atom is 0.254 e. The Bertz CT molecular complexity index is 800. The number of halogens is 1. The number of benzene rings is 2. The summed E-state index contributed by atoms with van der Waals surface area (Å²) >= 11 is 5.83. The molecule has 0 spiro atoms. The fraction of sp³-hybridized carbons (Fsp3) is 0.118. The molecule has 3 rings (SSSR count). The zero-order valence-corrected chi connectivity index (χ0v) is 13.2. The number of amides is 1. The van der Waals surface area contributed by atoms with Gasteiger partial charge < -0.3 is 9.42 Å². The average molecular weight is 328 g/mol. The summed E-state index contributed by atoms with van der Waals surface area (Å²) in [5, 5.41) is 4.53. The van der Waals surface area contributed by atoms with E-state index in [9.17, 15) is 4.79 Å². The molecule has 0 unspecified atom stereocenters. The van der Waals surface area contributed by atoms with E-state index in [1.54, 1.807) is 31.3 Å². The Kier molecular flexibility index (Phi) is 4.39. The van der Waals surface area contributed by atoms with Crippen molar-refractivity contribution in [3.63, 3.8) is 0 Å². The van der Waals surface area contributed by atoms with E-state index in [2.05, 4.69) is 10.1 Å². The summed E-state index contributed by atoms with van der Waals surface area (Å²) in [7, 11) is 1.68. The molecule has 5 nitrogen and oxygen atoms in total. The molecule has 1 amide bonds. The van der Waals surface area contributed by atoms with E-state index in [1.807, 2.05) is 30.3 Å². The molecule has 0 fully saturated rings. The summed E-state index contributed by atoms with van der Waals surface area (Å²) < 4.78 is 5.22. The highest BCUT2D eigenvalue weighted by Crippen LogP contribution is 2.16. The van der Waals surface area contributed by atoms with Crippen molar-refractivity contribution in [2.24, 2.45) is 0 Å². The number of aromatic nitrogens is 2. The molecule has 2 aromatic carbocycles. The van der Waals surface area contributed by atoms with Crippen LogP contribution in [0, 0.1) is 0 Å². The summed E-state index contributed by atoms with van der Waals surface area (Å²) in [6.07, 6.45) is 0. The summed E-state index contributed by atoms with van der Waals surface area (Å²) in [5.74, 6) is 0.753. The van der Waals surface area contributed by atoms with Crippen LogP contribution >= 0.6 is 11.6 Å². The van der Waals surface area contributed by atoms with Crippen LogP contribution in [-0.4, -0.2) is 28.0 Å². The van der Waals surface area contributed by atoms with Crippen LogP contribution in [0.4, 0.5) is 0 Å². The van der Waals surface area contributed by atoms with Crippen molar-refractivity contribution >= 4 is 17.5 Å². The largest absolute Gasteiger partial charge is 0.337 e. The molecule has 1 aromatic heterocycles. The van der Waals surface area contributed by atoms with Gasteiger partial charge in [-0.3, -0.25) is 4.79 Å². The molecule has 0 aliphatic heterocycles. The number of carbonyl (C=O) groups excluding carboxylic acids is 1. The second kappa shape index (κ2) is 6.62. The summed E-state index contributed by atoms with van der Waals surface area (Å²) in [6.45, 7) is 0.237. The zero-order valence-electron chi connectivity index (χ0n) is 12.4. The molecule has 116 valence electrons. The SMILES string of the molecule is CN(Cc1nc(-c2ccccc2)no1)C(=O)c1ccc(Cl)cc1. The fourth-order valence-corrected chi connectivity index (χ4v) is 2.24. The number of hydrogen-bond acceptors (Lipinski definition) is 4. The van der Waals surface area contributed by atoms with Crippen molar-refractivity contribution in [3.8, 4) is 11.4 Å². The predicted octanol–water partition coefficient (Wildman–Crippen LogP) is 3.66. The van der Waals surface area contributed by atoms with Gasteiger partial charge in [-0.25, -0.2) is 0 Å². The first kappa shape index (κ1) is 15.2. The van der Waals surface area contributed by atoms with Gasteiger partial charge in [-0.2, -0.15) is 4.98 Å². The lowest BCUT2D eigenvalue weighted by molar-refractivity contribution is 0.0769. The van der Waals surface area contributed by atoms with Gasteiger partial charge in [0.2, 0.25) is 11.7 Å². The minimum Gasteiger partial charge on any atom is -0.337 e. The van der Waals surface area contributed by atoms with Crippen LogP contribution in [0.15, 0.2) is 59.1 Å². The first-order chi connectivity index (χ1) is 11.1. The third-order valence-corrected chi connectivity index (χ3v) is 3.56. The van der Waals surface area contributed by atoms with Gasteiger partial charge in [0, 0.05) is 23.2 Å². The highest BCUT2D eigenvalue weighted by Gasteiger charge is 2.16. The highest BCUT2D eigenvalue weighted by molar-refractivity contribution is 6.30. The first-order valence-corrected chi connectivity index (χ1v) is 7.40. The number of nitrogens with zero attached hydrogens (tertiary/aromatic N) is 3. The monoisotopic (exact) mass is 327 g/mol. The first-order valence-electron chi connectivity index (χ1n) is 7.02. The second-order valence-electron chi connectivity index (χ2n) is 5.05. The Morgan fingerprint density at radius 3 is 2.52 bits per heavy atom. The molecule has 23 heavy (non-hydrogen) atoms. The quantitative estimate of drug-likeness (QED) is 0.733. The molecule has 0 aliphatic rings. The molecule has 0 bridgehead atoms. The Hall–Kier alpha value is -2.66. The molecule has 0 radical (unpaired) electrons. The van der Waals surface area contributed by atoms with Crippen LogP contribution < -0.4 is 0 Å². The highest BCUT2D eigenvalue weighted by atomic mass is 35.5. The van der Waals surface area contributed by atoms with Gasteiger partial charge >= 0.3 is 0 Å². The van der Waals surface area contributed by atoms with Crippen LogP contribution in [0.5, 0.6) is 0 Å². The third kappa shape index (κ3) is 3.57. The fourth-order valence-electron chi connectivity index (χ4n) is 2.11. The van der Waals surface area contributed by atoms with Gasteiger partial charge in [0.15, 0.2) is 0 Å². The van der Waals surface area contributed by atoms with Gasteiger partial charge in [0.25, 0.3) is 5.91 Å². The lowest BCUT2D eigenvalue weighted by Gasteiger charge is -2.14. The van der Waals surface area contributed by atoms with Crippen molar-refractivity contribution in [1.82, 2.24) is 15.0 Å². The topological polar surface area (TPSA) is 59.2 Å². The minimum absolute atomic E-state index is 0.138. The maximum atomic E-state index is 12.3. The van der Waals surface area contributed by atoms with Crippen molar-refractivity contribution in [2.45, 2.75) is 6.54 Å². The average Bonchev–Trinajstić information content (AvgIpc) is 3.04. The zero-order chi connectivity index (χ0) is 16.2. The Balaban J connectivity index is 1.71. The molecular formula is C17H14ClN3O2. The molecule has 6 heteroatoms. The molecule has 0 saturated carbocycles. The molecule has 0 atom stereocenters. The number of rotatable bonds is 4. The van der Waals surface area contributed by atoms with Gasteiger partial charge in [0.05, 0.1) is 6.54 Å². The van der Waals surface area contributed by atoms with Gasteiger partial charge in [-0.15, -0.1) is 0 Å². The number of carbonyl (C=O) groups is 1. The Labute approximate surface area is 138 Å². The second-order valence-corrected chi connectivity index (χ2v) is 5.48. The molecule has 1 heterocycles. The van der Waals surface area contributed by atoms with E-state index in [-0.39, 0.29) is 12.5 Å². The van der Waals surface area contributed by atoms with Gasteiger partial charge in [-0.1, -0.05) is 47.1 Å². The summed E-state index contributed by atoms with van der Waals surface area (Å²) in [5.41, 5.74) is 1.42. The van der Waals surface area contributed by atoms with E-state index < -0.39 is 0 Å². The number of hydrogen-bond donors (Lipinski definition) is 0. The van der Waals surface area contributed by atoms with E-state index in [0.717, 1.165) is 5.56 Å². The van der Waals surface area contributed by atoms with E-state index in [0.29, 0.717) is 22.3 Å². The predicted molar refractivity (Wildman–Crippen MR) is 87.0 cm³/mol. The van der Waals surface area contributed by atoms with E-state index in [1.165, 1.54) is 4.90 Å². The van der Waals surface area contributed by atoms with Crippen LogP contribution in [0.25, 0.3) is 11.4 Å². The molecule has 3 aromatic rings. The molecule has 0 N–H and O–H groups in total. The molecule has 0 saturated heterocycles. The van der Waals surface area contributed by atoms with Gasteiger partial charge in [-0.05, 0) is 24.3 Å². The van der Waals surface area contributed by atoms with Crippen LogP contribution in [0.2, 0.25) is 5.02 Å². The molecule has 0 aliphatic carbocycles. The smallest absolute Gasteiger partial charge is 0.254 e. The van der Waals surface area contributed by atoms with E-state index in [4.69, 9.17) is 16.1 Å². The van der Waals surface area contributed by atoms with Crippen LogP contribution in [0.3, 0.4) is 0 Å².